The van der Waals surface area contributed by atoms with Crippen molar-refractivity contribution < 1.29 is 17.9 Å². The zero-order chi connectivity index (χ0) is 17.4. The van der Waals surface area contributed by atoms with Gasteiger partial charge in [-0.3, -0.25) is 10.00 Å². The number of fused-ring (bicyclic) bond motifs is 1. The van der Waals surface area contributed by atoms with Crippen LogP contribution < -0.4 is 0 Å². The lowest BCUT2D eigenvalue weighted by Gasteiger charge is -2.36. The summed E-state index contributed by atoms with van der Waals surface area (Å²) >= 11 is 0. The number of hydrogen-bond donors (Lipinski definition) is 1. The molecule has 0 bridgehead atoms. The van der Waals surface area contributed by atoms with E-state index < -0.39 is 11.7 Å². The Morgan fingerprint density at radius 1 is 1.20 bits per heavy atom. The van der Waals surface area contributed by atoms with Crippen LogP contribution in [0.15, 0.2) is 24.3 Å². The summed E-state index contributed by atoms with van der Waals surface area (Å²) in [6.45, 7) is 3.23. The predicted octanol–water partition coefficient (Wildman–Crippen LogP) is 3.63. The number of rotatable bonds is 2. The van der Waals surface area contributed by atoms with Crippen molar-refractivity contribution in [3.63, 3.8) is 0 Å². The van der Waals surface area contributed by atoms with E-state index in [4.69, 9.17) is 4.74 Å². The van der Waals surface area contributed by atoms with Gasteiger partial charge in [0, 0.05) is 55.6 Å². The van der Waals surface area contributed by atoms with Gasteiger partial charge in [0.2, 0.25) is 0 Å². The molecule has 0 saturated carbocycles. The van der Waals surface area contributed by atoms with Crippen molar-refractivity contribution in [3.8, 4) is 11.3 Å². The topological polar surface area (TPSA) is 41.2 Å². The van der Waals surface area contributed by atoms with Gasteiger partial charge in [-0.25, -0.2) is 0 Å². The van der Waals surface area contributed by atoms with Crippen molar-refractivity contribution in [3.05, 3.63) is 41.1 Å². The Labute approximate surface area is 144 Å². The molecule has 25 heavy (non-hydrogen) atoms. The summed E-state index contributed by atoms with van der Waals surface area (Å²) in [4.78, 5) is 2.41. The average Bonchev–Trinajstić information content (AvgIpc) is 3.05. The average molecular weight is 351 g/mol. The van der Waals surface area contributed by atoms with E-state index in [1.54, 1.807) is 6.07 Å². The maximum atomic E-state index is 13.0. The van der Waals surface area contributed by atoms with Gasteiger partial charge in [0.05, 0.1) is 11.3 Å². The molecule has 1 N–H and O–H groups in total. The minimum absolute atomic E-state index is 0.478. The van der Waals surface area contributed by atoms with Gasteiger partial charge >= 0.3 is 6.18 Å². The fourth-order valence-corrected chi connectivity index (χ4v) is 3.76. The standard InChI is InChI=1S/C18H20F3N3O/c19-18(20,21)13-3-1-2-12(10-13)17-15-11-24(7-4-16(15)22-23-17)14-5-8-25-9-6-14/h1-3,10,14H,4-9,11H2,(H,22,23). The number of alkyl halides is 3. The molecule has 1 aromatic carbocycles. The molecular weight excluding hydrogens is 331 g/mol. The molecule has 3 heterocycles. The maximum Gasteiger partial charge on any atom is 0.416 e. The number of H-pyrrole nitrogens is 1. The number of aromatic nitrogens is 2. The highest BCUT2D eigenvalue weighted by Crippen LogP contribution is 2.34. The minimum Gasteiger partial charge on any atom is -0.381 e. The Balaban J connectivity index is 1.63. The van der Waals surface area contributed by atoms with Crippen LogP contribution in [0.25, 0.3) is 11.3 Å². The zero-order valence-electron chi connectivity index (χ0n) is 13.8. The number of aromatic amines is 1. The lowest BCUT2D eigenvalue weighted by molar-refractivity contribution is -0.137. The molecule has 4 rings (SSSR count). The van der Waals surface area contributed by atoms with Crippen LogP contribution in [0, 0.1) is 0 Å². The summed E-state index contributed by atoms with van der Waals surface area (Å²) in [5.41, 5.74) is 2.57. The van der Waals surface area contributed by atoms with Crippen molar-refractivity contribution in [1.82, 2.24) is 15.1 Å². The van der Waals surface area contributed by atoms with Crippen LogP contribution in [0.4, 0.5) is 13.2 Å². The molecular formula is C18H20F3N3O. The Bertz CT molecular complexity index is 750. The van der Waals surface area contributed by atoms with Crippen LogP contribution in [0.3, 0.4) is 0 Å². The molecule has 0 spiro atoms. The third-order valence-corrected chi connectivity index (χ3v) is 5.13. The second kappa shape index (κ2) is 6.46. The summed E-state index contributed by atoms with van der Waals surface area (Å²) < 4.78 is 44.4. The molecule has 1 fully saturated rings. The Morgan fingerprint density at radius 3 is 2.76 bits per heavy atom. The number of halogens is 3. The molecule has 0 amide bonds. The van der Waals surface area contributed by atoms with Crippen LogP contribution in [-0.2, 0) is 23.9 Å². The largest absolute Gasteiger partial charge is 0.416 e. The summed E-state index contributed by atoms with van der Waals surface area (Å²) in [7, 11) is 0. The van der Waals surface area contributed by atoms with E-state index in [-0.39, 0.29) is 0 Å². The predicted molar refractivity (Wildman–Crippen MR) is 87.0 cm³/mol. The van der Waals surface area contributed by atoms with Crippen molar-refractivity contribution in [2.75, 3.05) is 19.8 Å². The number of nitrogens with one attached hydrogen (secondary N) is 1. The molecule has 0 atom stereocenters. The fraction of sp³-hybridized carbons (Fsp3) is 0.500. The Hall–Kier alpha value is -1.86. The lowest BCUT2D eigenvalue weighted by Crippen LogP contribution is -2.42. The highest BCUT2D eigenvalue weighted by molar-refractivity contribution is 5.65. The number of ether oxygens (including phenoxy) is 1. The van der Waals surface area contributed by atoms with Crippen molar-refractivity contribution in [1.29, 1.82) is 0 Å². The van der Waals surface area contributed by atoms with Gasteiger partial charge in [0.15, 0.2) is 0 Å². The molecule has 134 valence electrons. The van der Waals surface area contributed by atoms with Gasteiger partial charge in [-0.05, 0) is 25.0 Å². The molecule has 2 aliphatic rings. The molecule has 2 aromatic rings. The molecule has 2 aliphatic heterocycles. The Morgan fingerprint density at radius 2 is 2.00 bits per heavy atom. The van der Waals surface area contributed by atoms with E-state index in [0.29, 0.717) is 17.3 Å². The van der Waals surface area contributed by atoms with Crippen molar-refractivity contribution in [2.24, 2.45) is 0 Å². The zero-order valence-corrected chi connectivity index (χ0v) is 13.8. The monoisotopic (exact) mass is 351 g/mol. The quantitative estimate of drug-likeness (QED) is 0.898. The minimum atomic E-state index is -4.35. The molecule has 7 heteroatoms. The van der Waals surface area contributed by atoms with Crippen molar-refractivity contribution >= 4 is 0 Å². The highest BCUT2D eigenvalue weighted by Gasteiger charge is 2.32. The summed E-state index contributed by atoms with van der Waals surface area (Å²) in [6, 6.07) is 5.89. The second-order valence-corrected chi connectivity index (χ2v) is 6.67. The molecule has 0 aliphatic carbocycles. The number of hydrogen-bond acceptors (Lipinski definition) is 3. The summed E-state index contributed by atoms with van der Waals surface area (Å²) in [5.74, 6) is 0. The fourth-order valence-electron chi connectivity index (χ4n) is 3.76. The first kappa shape index (κ1) is 16.6. The molecule has 1 aromatic heterocycles. The van der Waals surface area contributed by atoms with Gasteiger partial charge in [-0.15, -0.1) is 0 Å². The molecule has 4 nitrogen and oxygen atoms in total. The smallest absolute Gasteiger partial charge is 0.381 e. The summed E-state index contributed by atoms with van der Waals surface area (Å²) in [6.07, 6.45) is -1.49. The third kappa shape index (κ3) is 3.30. The molecule has 0 radical (unpaired) electrons. The first-order chi connectivity index (χ1) is 12.0. The van der Waals surface area contributed by atoms with Gasteiger partial charge in [0.25, 0.3) is 0 Å². The van der Waals surface area contributed by atoms with Gasteiger partial charge in [-0.2, -0.15) is 18.3 Å². The first-order valence-corrected chi connectivity index (χ1v) is 8.58. The van der Waals surface area contributed by atoms with Crippen LogP contribution in [0.1, 0.15) is 29.7 Å². The molecule has 0 unspecified atom stereocenters. The number of nitrogens with zero attached hydrogens (tertiary/aromatic N) is 2. The van der Waals surface area contributed by atoms with Crippen molar-refractivity contribution in [2.45, 2.75) is 38.0 Å². The van der Waals surface area contributed by atoms with Crippen LogP contribution in [-0.4, -0.2) is 40.9 Å². The van der Waals surface area contributed by atoms with E-state index >= 15 is 0 Å². The lowest BCUT2D eigenvalue weighted by atomic mass is 9.97. The van der Waals surface area contributed by atoms with E-state index in [2.05, 4.69) is 15.1 Å². The van der Waals surface area contributed by atoms with Crippen LogP contribution in [0.2, 0.25) is 0 Å². The Kier molecular flexibility index (Phi) is 4.29. The van der Waals surface area contributed by atoms with E-state index in [9.17, 15) is 13.2 Å². The summed E-state index contributed by atoms with van der Waals surface area (Å²) in [5, 5.41) is 7.35. The van der Waals surface area contributed by atoms with Crippen LogP contribution >= 0.6 is 0 Å². The van der Waals surface area contributed by atoms with E-state index in [0.717, 1.165) is 62.9 Å². The van der Waals surface area contributed by atoms with E-state index in [1.165, 1.54) is 12.1 Å². The third-order valence-electron chi connectivity index (χ3n) is 5.13. The van der Waals surface area contributed by atoms with Gasteiger partial charge < -0.3 is 4.74 Å². The van der Waals surface area contributed by atoms with E-state index in [1.807, 2.05) is 0 Å². The second-order valence-electron chi connectivity index (χ2n) is 6.67. The number of benzene rings is 1. The van der Waals surface area contributed by atoms with Gasteiger partial charge in [0.1, 0.15) is 0 Å². The highest BCUT2D eigenvalue weighted by atomic mass is 19.4. The first-order valence-electron chi connectivity index (χ1n) is 8.58. The van der Waals surface area contributed by atoms with Gasteiger partial charge in [-0.1, -0.05) is 12.1 Å². The molecule has 1 saturated heterocycles. The SMILES string of the molecule is FC(F)(F)c1cccc(-c2n[nH]c3c2CN(C2CCOCC2)CC3)c1. The maximum absolute atomic E-state index is 13.0. The van der Waals surface area contributed by atoms with Crippen LogP contribution in [0.5, 0.6) is 0 Å². The normalized spacial score (nSPS) is 19.8.